The second kappa shape index (κ2) is 11.8. The Labute approximate surface area is 231 Å². The summed E-state index contributed by atoms with van der Waals surface area (Å²) in [5, 5.41) is 18.2. The van der Waals surface area contributed by atoms with Gasteiger partial charge in [-0.1, -0.05) is 36.4 Å². The van der Waals surface area contributed by atoms with Crippen molar-refractivity contribution in [2.45, 2.75) is 13.0 Å². The summed E-state index contributed by atoms with van der Waals surface area (Å²) >= 11 is 0. The number of tetrazole rings is 1. The monoisotopic (exact) mass is 539 g/mol. The Morgan fingerprint density at radius 2 is 1.60 bits per heavy atom. The van der Waals surface area contributed by atoms with Gasteiger partial charge in [0.1, 0.15) is 5.69 Å². The molecular formula is C28H29N9O3. The predicted molar refractivity (Wildman–Crippen MR) is 147 cm³/mol. The number of carbonyl (C=O) groups excluding carboxylic acids is 3. The largest absolute Gasteiger partial charge is 0.335 e. The fourth-order valence-corrected chi connectivity index (χ4v) is 4.68. The van der Waals surface area contributed by atoms with Gasteiger partial charge in [-0.2, -0.15) is 4.80 Å². The number of nitrogens with one attached hydrogen (secondary N) is 2. The van der Waals surface area contributed by atoms with Crippen LogP contribution in [0.4, 0.5) is 11.4 Å². The number of benzene rings is 2. The lowest BCUT2D eigenvalue weighted by Gasteiger charge is -2.38. The summed E-state index contributed by atoms with van der Waals surface area (Å²) in [4.78, 5) is 47.2. The van der Waals surface area contributed by atoms with E-state index in [0.29, 0.717) is 48.9 Å². The van der Waals surface area contributed by atoms with Crippen LogP contribution in [0.5, 0.6) is 0 Å². The number of hydrogen-bond donors (Lipinski definition) is 2. The molecule has 3 heterocycles. The second-order valence-electron chi connectivity index (χ2n) is 9.42. The Hall–Kier alpha value is -4.97. The number of piperazine rings is 1. The third-order valence-corrected chi connectivity index (χ3v) is 6.53. The number of hydrogen-bond acceptors (Lipinski definition) is 8. The van der Waals surface area contributed by atoms with Crippen molar-refractivity contribution in [1.82, 2.24) is 35.0 Å². The first-order valence-electron chi connectivity index (χ1n) is 12.8. The van der Waals surface area contributed by atoms with Gasteiger partial charge in [-0.05, 0) is 41.1 Å². The van der Waals surface area contributed by atoms with Crippen LogP contribution in [0.1, 0.15) is 45.2 Å². The van der Waals surface area contributed by atoms with Crippen LogP contribution >= 0.6 is 0 Å². The van der Waals surface area contributed by atoms with Gasteiger partial charge < -0.3 is 15.5 Å². The van der Waals surface area contributed by atoms with E-state index in [0.717, 1.165) is 5.56 Å². The molecule has 3 amide bonds. The molecular weight excluding hydrogens is 510 g/mol. The molecule has 1 saturated heterocycles. The molecule has 12 nitrogen and oxygen atoms in total. The summed E-state index contributed by atoms with van der Waals surface area (Å²) in [5.41, 5.74) is 2.64. The van der Waals surface area contributed by atoms with Crippen LogP contribution < -0.4 is 10.6 Å². The SMILES string of the molecule is CC(=O)Nc1cccc(NC(=O)c2ccnc(C(=O)N3CCN(C(c4ccccc4)c4nnn(C)n4)CC3)c2)c1. The van der Waals surface area contributed by atoms with E-state index >= 15 is 0 Å². The molecule has 1 aliphatic heterocycles. The van der Waals surface area contributed by atoms with Crippen LogP contribution in [0.15, 0.2) is 72.9 Å². The molecule has 2 aromatic carbocycles. The van der Waals surface area contributed by atoms with E-state index in [1.807, 2.05) is 30.3 Å². The maximum absolute atomic E-state index is 13.3. The molecule has 5 rings (SSSR count). The number of carbonyl (C=O) groups is 3. The van der Waals surface area contributed by atoms with Gasteiger partial charge >= 0.3 is 0 Å². The normalized spacial score (nSPS) is 14.4. The molecule has 204 valence electrons. The molecule has 0 aliphatic carbocycles. The van der Waals surface area contributed by atoms with Crippen molar-refractivity contribution in [2.24, 2.45) is 7.05 Å². The van der Waals surface area contributed by atoms with Crippen LogP contribution in [-0.2, 0) is 11.8 Å². The van der Waals surface area contributed by atoms with Crippen molar-refractivity contribution < 1.29 is 14.4 Å². The minimum Gasteiger partial charge on any atom is -0.335 e. The smallest absolute Gasteiger partial charge is 0.272 e. The number of anilines is 2. The van der Waals surface area contributed by atoms with Gasteiger partial charge in [0, 0.05) is 56.2 Å². The van der Waals surface area contributed by atoms with Crippen LogP contribution in [0.25, 0.3) is 0 Å². The van der Waals surface area contributed by atoms with Gasteiger partial charge in [0.25, 0.3) is 11.8 Å². The van der Waals surface area contributed by atoms with Gasteiger partial charge in [-0.25, -0.2) is 0 Å². The molecule has 0 bridgehead atoms. The number of aryl methyl sites for hydroxylation is 1. The number of nitrogens with zero attached hydrogens (tertiary/aromatic N) is 7. The first-order chi connectivity index (χ1) is 19.4. The van der Waals surface area contributed by atoms with E-state index < -0.39 is 0 Å². The van der Waals surface area contributed by atoms with Crippen molar-refractivity contribution in [2.75, 3.05) is 36.8 Å². The summed E-state index contributed by atoms with van der Waals surface area (Å²) in [6.07, 6.45) is 1.46. The summed E-state index contributed by atoms with van der Waals surface area (Å²) in [6, 6.07) is 19.7. The van der Waals surface area contributed by atoms with Crippen molar-refractivity contribution in [1.29, 1.82) is 0 Å². The molecule has 1 fully saturated rings. The first kappa shape index (κ1) is 26.6. The number of aromatic nitrogens is 5. The molecule has 2 N–H and O–H groups in total. The van der Waals surface area contributed by atoms with E-state index in [1.54, 1.807) is 42.3 Å². The molecule has 4 aromatic rings. The highest BCUT2D eigenvalue weighted by Crippen LogP contribution is 2.27. The van der Waals surface area contributed by atoms with Gasteiger partial charge in [0.05, 0.1) is 13.1 Å². The highest BCUT2D eigenvalue weighted by atomic mass is 16.2. The Balaban J connectivity index is 1.25. The van der Waals surface area contributed by atoms with E-state index in [9.17, 15) is 14.4 Å². The van der Waals surface area contributed by atoms with E-state index in [-0.39, 0.29) is 29.5 Å². The van der Waals surface area contributed by atoms with Crippen molar-refractivity contribution in [3.05, 3.63) is 95.6 Å². The van der Waals surface area contributed by atoms with Crippen LogP contribution in [0.2, 0.25) is 0 Å². The molecule has 12 heteroatoms. The van der Waals surface area contributed by atoms with E-state index in [2.05, 4.69) is 35.9 Å². The van der Waals surface area contributed by atoms with Gasteiger partial charge in [-0.3, -0.25) is 24.3 Å². The number of amides is 3. The third-order valence-electron chi connectivity index (χ3n) is 6.53. The standard InChI is InChI=1S/C28H29N9O3/c1-19(38)30-22-9-6-10-23(18-22)31-27(39)21-11-12-29-24(17-21)28(40)37-15-13-36(14-16-37)25(20-7-4-3-5-8-20)26-32-34-35(2)33-26/h3-12,17-18,25H,13-16H2,1-2H3,(H,30,38)(H,31,39). The minimum atomic E-state index is -0.386. The molecule has 1 unspecified atom stereocenters. The summed E-state index contributed by atoms with van der Waals surface area (Å²) in [7, 11) is 1.74. The highest BCUT2D eigenvalue weighted by molar-refractivity contribution is 6.06. The molecule has 0 radical (unpaired) electrons. The topological polar surface area (TPSA) is 138 Å². The minimum absolute atomic E-state index is 0.179. The second-order valence-corrected chi connectivity index (χ2v) is 9.42. The summed E-state index contributed by atoms with van der Waals surface area (Å²) in [6.45, 7) is 3.59. The molecule has 0 saturated carbocycles. The predicted octanol–water partition coefficient (Wildman–Crippen LogP) is 2.36. The molecule has 40 heavy (non-hydrogen) atoms. The van der Waals surface area contributed by atoms with Gasteiger partial charge in [0.15, 0.2) is 5.82 Å². The van der Waals surface area contributed by atoms with Gasteiger partial charge in [0.2, 0.25) is 5.91 Å². The van der Waals surface area contributed by atoms with Crippen molar-refractivity contribution in [3.63, 3.8) is 0 Å². The van der Waals surface area contributed by atoms with E-state index in [4.69, 9.17) is 0 Å². The fraction of sp³-hybridized carbons (Fsp3) is 0.250. The zero-order chi connectivity index (χ0) is 28.1. The number of pyridine rings is 1. The lowest BCUT2D eigenvalue weighted by atomic mass is 10.0. The number of rotatable bonds is 7. The lowest BCUT2D eigenvalue weighted by molar-refractivity contribution is -0.114. The quantitative estimate of drug-likeness (QED) is 0.365. The zero-order valence-corrected chi connectivity index (χ0v) is 22.2. The average Bonchev–Trinajstić information content (AvgIpc) is 3.39. The molecule has 1 aliphatic rings. The summed E-state index contributed by atoms with van der Waals surface area (Å²) < 4.78 is 0. The van der Waals surface area contributed by atoms with Crippen LogP contribution in [-0.4, -0.2) is 78.9 Å². The van der Waals surface area contributed by atoms with Crippen molar-refractivity contribution in [3.8, 4) is 0 Å². The average molecular weight is 540 g/mol. The fourth-order valence-electron chi connectivity index (χ4n) is 4.68. The Morgan fingerprint density at radius 1 is 0.875 bits per heavy atom. The van der Waals surface area contributed by atoms with Crippen LogP contribution in [0, 0.1) is 0 Å². The maximum atomic E-state index is 13.3. The maximum Gasteiger partial charge on any atom is 0.272 e. The lowest BCUT2D eigenvalue weighted by Crippen LogP contribution is -2.50. The van der Waals surface area contributed by atoms with Crippen LogP contribution in [0.3, 0.4) is 0 Å². The van der Waals surface area contributed by atoms with Crippen molar-refractivity contribution >= 4 is 29.1 Å². The molecule has 0 spiro atoms. The highest BCUT2D eigenvalue weighted by Gasteiger charge is 2.31. The Kier molecular flexibility index (Phi) is 7.87. The Bertz CT molecular complexity index is 1510. The van der Waals surface area contributed by atoms with Gasteiger partial charge in [-0.15, -0.1) is 10.2 Å². The zero-order valence-electron chi connectivity index (χ0n) is 22.2. The summed E-state index contributed by atoms with van der Waals surface area (Å²) in [5.74, 6) is -0.224. The Morgan fingerprint density at radius 3 is 2.27 bits per heavy atom. The molecule has 2 aromatic heterocycles. The van der Waals surface area contributed by atoms with E-state index in [1.165, 1.54) is 24.0 Å². The third kappa shape index (κ3) is 6.18. The molecule has 1 atom stereocenters. The first-order valence-corrected chi connectivity index (χ1v) is 12.8.